The van der Waals surface area contributed by atoms with Crippen molar-refractivity contribution in [3.63, 3.8) is 0 Å². The van der Waals surface area contributed by atoms with Crippen LogP contribution in [0.3, 0.4) is 0 Å². The highest BCUT2D eigenvalue weighted by molar-refractivity contribution is 7.91. The summed E-state index contributed by atoms with van der Waals surface area (Å²) in [6.45, 7) is 9.29. The molecule has 400 valence electrons. The van der Waals surface area contributed by atoms with E-state index in [-0.39, 0.29) is 59.8 Å². The maximum absolute atomic E-state index is 14.3. The van der Waals surface area contributed by atoms with Crippen LogP contribution in [-0.4, -0.2) is 128 Å². The highest BCUT2D eigenvalue weighted by Crippen LogP contribution is 2.41. The third kappa shape index (κ3) is 11.8. The maximum atomic E-state index is 14.3. The second-order valence-electron chi connectivity index (χ2n) is 20.2. The minimum absolute atomic E-state index is 0.0211. The Morgan fingerprint density at radius 1 is 0.880 bits per heavy atom. The summed E-state index contributed by atoms with van der Waals surface area (Å²) in [5.41, 5.74) is -0.618. The van der Waals surface area contributed by atoms with Gasteiger partial charge >= 0.3 is 5.69 Å². The molecule has 5 heterocycles. The van der Waals surface area contributed by atoms with Crippen molar-refractivity contribution < 1.29 is 52.1 Å². The van der Waals surface area contributed by atoms with Crippen molar-refractivity contribution in [1.82, 2.24) is 29.1 Å². The van der Waals surface area contributed by atoms with Gasteiger partial charge in [0, 0.05) is 55.2 Å². The van der Waals surface area contributed by atoms with E-state index >= 15 is 0 Å². The maximum Gasteiger partial charge on any atom is 0.330 e. The average molecular weight is 1070 g/mol. The molecule has 24 heteroatoms. The number of fused-ring (bicyclic) bond motifs is 1. The van der Waals surface area contributed by atoms with Crippen LogP contribution in [0, 0.1) is 27.9 Å². The number of amides is 1. The molecule has 75 heavy (non-hydrogen) atoms. The third-order valence-corrected chi connectivity index (χ3v) is 20.7. The number of nitrogens with zero attached hydrogens (tertiary/aromatic N) is 6. The first-order valence-corrected chi connectivity index (χ1v) is 28.4. The number of non-ortho nitro benzene ring substituents is 1. The molecule has 2 aliphatic heterocycles. The predicted octanol–water partition coefficient (Wildman–Crippen LogP) is 3.01. The second kappa shape index (κ2) is 22.8. The number of aromatic nitrogens is 6. The van der Waals surface area contributed by atoms with Gasteiger partial charge in [0.05, 0.1) is 48.2 Å². The van der Waals surface area contributed by atoms with Gasteiger partial charge in [-0.1, -0.05) is 107 Å². The van der Waals surface area contributed by atoms with Crippen LogP contribution in [0.2, 0.25) is 5.04 Å². The number of aliphatic hydroxyl groups excluding tert-OH is 3. The number of nitrogens with one attached hydrogen (secondary N) is 2. The van der Waals surface area contributed by atoms with E-state index in [1.54, 1.807) is 26.0 Å². The van der Waals surface area contributed by atoms with Gasteiger partial charge in [0.25, 0.3) is 19.6 Å². The molecule has 0 unspecified atom stereocenters. The second-order valence-corrected chi connectivity index (χ2v) is 26.7. The molecule has 0 radical (unpaired) electrons. The lowest BCUT2D eigenvalue weighted by Crippen LogP contribution is -2.66. The Morgan fingerprint density at radius 2 is 1.49 bits per heavy atom. The van der Waals surface area contributed by atoms with Crippen molar-refractivity contribution in [3.8, 4) is 5.88 Å². The monoisotopic (exact) mass is 1070 g/mol. The number of carbonyl (C=O) groups excluding carboxylic acids is 1. The van der Waals surface area contributed by atoms with E-state index in [0.717, 1.165) is 26.6 Å². The number of hydrogen-bond acceptors (Lipinski definition) is 17. The number of nitro groups is 1. The van der Waals surface area contributed by atoms with Gasteiger partial charge in [-0.05, 0) is 33.8 Å². The largest absolute Gasteiger partial charge is 0.476 e. The van der Waals surface area contributed by atoms with Crippen LogP contribution < -0.4 is 31.7 Å². The Bertz CT molecular complexity index is 3150. The molecule has 22 nitrogen and oxygen atoms in total. The summed E-state index contributed by atoms with van der Waals surface area (Å²) < 4.78 is 56.9. The van der Waals surface area contributed by atoms with Crippen molar-refractivity contribution in [3.05, 3.63) is 140 Å². The lowest BCUT2D eigenvalue weighted by molar-refractivity contribution is -0.384. The molecule has 3 aromatic carbocycles. The number of anilines is 1. The number of benzene rings is 3. The number of H-pyrrole nitrogens is 1. The van der Waals surface area contributed by atoms with Gasteiger partial charge in [-0.3, -0.25) is 39.1 Å². The van der Waals surface area contributed by atoms with Crippen LogP contribution in [-0.2, 0) is 35.0 Å². The summed E-state index contributed by atoms with van der Waals surface area (Å²) in [5, 5.41) is 49.6. The van der Waals surface area contributed by atoms with Crippen molar-refractivity contribution in [2.75, 3.05) is 36.6 Å². The van der Waals surface area contributed by atoms with E-state index < -0.39 is 113 Å². The smallest absolute Gasteiger partial charge is 0.330 e. The van der Waals surface area contributed by atoms with E-state index in [9.17, 15) is 48.2 Å². The number of aliphatic hydroxyl groups is 3. The van der Waals surface area contributed by atoms with Crippen molar-refractivity contribution in [2.24, 2.45) is 17.8 Å². The molecule has 5 N–H and O–H groups in total. The summed E-state index contributed by atoms with van der Waals surface area (Å²) in [6.07, 6.45) is -4.73. The Balaban J connectivity index is 1.01. The highest BCUT2D eigenvalue weighted by atomic mass is 32.2. The lowest BCUT2D eigenvalue weighted by Gasteiger charge is -2.43. The number of nitro benzene ring substituents is 1. The number of aromatic amines is 1. The molecule has 0 spiro atoms. The van der Waals surface area contributed by atoms with Crippen LogP contribution in [0.5, 0.6) is 5.88 Å². The Labute approximate surface area is 432 Å². The Kier molecular flexibility index (Phi) is 16.6. The summed E-state index contributed by atoms with van der Waals surface area (Å²) in [5.74, 6) is -4.16. The van der Waals surface area contributed by atoms with Gasteiger partial charge in [-0.25, -0.2) is 18.2 Å². The van der Waals surface area contributed by atoms with Gasteiger partial charge in [-0.2, -0.15) is 9.97 Å². The summed E-state index contributed by atoms with van der Waals surface area (Å²) >= 11 is 0. The molecule has 2 saturated heterocycles. The van der Waals surface area contributed by atoms with E-state index in [1.165, 1.54) is 29.2 Å². The number of rotatable bonds is 21. The number of imidazole rings is 1. The van der Waals surface area contributed by atoms with Crippen LogP contribution in [0.25, 0.3) is 11.2 Å². The fourth-order valence-corrected chi connectivity index (χ4v) is 16.3. The van der Waals surface area contributed by atoms with Crippen molar-refractivity contribution >= 4 is 57.2 Å². The number of hydrogen-bond donors (Lipinski definition) is 5. The molecule has 2 aliphatic rings. The van der Waals surface area contributed by atoms with E-state index in [2.05, 4.69) is 46.0 Å². The zero-order valence-electron chi connectivity index (χ0n) is 42.1. The lowest BCUT2D eigenvalue weighted by atomic mass is 9.97. The van der Waals surface area contributed by atoms with Crippen LogP contribution in [0.4, 0.5) is 11.6 Å². The van der Waals surface area contributed by atoms with Crippen LogP contribution >= 0.6 is 0 Å². The fourth-order valence-electron chi connectivity index (χ4n) is 9.97. The minimum Gasteiger partial charge on any atom is -0.476 e. The van der Waals surface area contributed by atoms with Gasteiger partial charge in [0.15, 0.2) is 33.5 Å². The molecule has 2 fully saturated rings. The van der Waals surface area contributed by atoms with Gasteiger partial charge in [-0.15, -0.1) is 0 Å². The number of carbonyl (C=O) groups is 1. The van der Waals surface area contributed by atoms with Gasteiger partial charge in [0.1, 0.15) is 12.2 Å². The normalized spacial score (nSPS) is 22.2. The van der Waals surface area contributed by atoms with Crippen molar-refractivity contribution in [1.29, 1.82) is 0 Å². The number of sulfone groups is 1. The molecule has 0 aliphatic carbocycles. The van der Waals surface area contributed by atoms with Crippen molar-refractivity contribution in [2.45, 2.75) is 95.8 Å². The number of ether oxygens (including phenoxy) is 3. The van der Waals surface area contributed by atoms with E-state index in [4.69, 9.17) is 18.6 Å². The van der Waals surface area contributed by atoms with E-state index in [1.807, 2.05) is 60.7 Å². The predicted molar refractivity (Wildman–Crippen MR) is 278 cm³/mol. The Morgan fingerprint density at radius 3 is 2.08 bits per heavy atom. The summed E-state index contributed by atoms with van der Waals surface area (Å²) in [4.78, 5) is 64.1. The minimum atomic E-state index is -4.11. The van der Waals surface area contributed by atoms with Crippen LogP contribution in [0.1, 0.15) is 65.5 Å². The zero-order chi connectivity index (χ0) is 53.8. The molecular formula is C51H62N8O14SSi. The summed E-state index contributed by atoms with van der Waals surface area (Å²) in [6, 6.07) is 27.0. The molecule has 3 aromatic heterocycles. The molecule has 0 bridgehead atoms. The molecule has 6 aromatic rings. The first-order valence-electron chi connectivity index (χ1n) is 24.7. The van der Waals surface area contributed by atoms with Crippen LogP contribution in [0.15, 0.2) is 113 Å². The summed E-state index contributed by atoms with van der Waals surface area (Å²) in [7, 11) is -7.17. The SMILES string of the molecule is CC(C)C(=O)Nc1nc(OCCc2ccc([N+](=O)[O-])cc2)c2ncn([C@@H]3O[C@H](CCS(=O)(=O)C[C@H]4[C@@H](O)[C@H](n5ccc(=O)[nH]c5=O)O[C@@H]4CCO[Si](c4ccccc4)(c4ccccc4)C(C)(C)C)[C@@H](CO)[C@H]3O)c2n1. The first kappa shape index (κ1) is 54.7. The third-order valence-electron chi connectivity index (χ3n) is 13.9. The highest BCUT2D eigenvalue weighted by Gasteiger charge is 2.52. The fraction of sp³-hybridized carbons (Fsp3) is 0.451. The Hall–Kier alpha value is -6.51. The molecule has 1 amide bonds. The topological polar surface area (TPSA) is 302 Å². The molecule has 8 atom stereocenters. The van der Waals surface area contributed by atoms with E-state index in [0.29, 0.717) is 6.42 Å². The molecular weight excluding hydrogens is 1010 g/mol. The zero-order valence-corrected chi connectivity index (χ0v) is 43.9. The average Bonchev–Trinajstić information content (AvgIpc) is 4.04. The van der Waals surface area contributed by atoms with Gasteiger partial charge < -0.3 is 34.0 Å². The molecule has 0 saturated carbocycles. The van der Waals surface area contributed by atoms with Gasteiger partial charge in [0.2, 0.25) is 17.7 Å². The molecule has 8 rings (SSSR count). The first-order chi connectivity index (χ1) is 35.7. The quantitative estimate of drug-likeness (QED) is 0.0393. The standard InChI is InChI=1S/C51H62N8O14SSi/c1-31(2)45(64)55-49-54-44-41(46(56-49)70-25-21-32-16-18-33(19-17-32)59(66)67)52-30-58(44)48-42(62)36(28-60)39(73-48)23-27-74(68,69)29-37-38(72-47(43(37)63)57-24-20-40(61)53-50(57)65)22-26-71-75(51(3,4)5,34-12-8-6-9-13-34)35-14-10-7-11-15-35/h6-20,24,30-31,36-39,42-43,47-48,60,62-63H,21-23,25-29H2,1-5H3,(H,53,61,65)(H,54,55,56,64)/t36-,37-,38-,39-,42-,43-,47-,48-/m1/s1.